The zero-order valence-corrected chi connectivity index (χ0v) is 27.1. The Balaban J connectivity index is 0.00000213. The number of anilines is 2. The molecule has 0 bridgehead atoms. The molecular weight excluding hydrogens is 625 g/mol. The topological polar surface area (TPSA) is 120 Å². The van der Waals surface area contributed by atoms with Crippen LogP contribution in [0.5, 0.6) is 11.9 Å². The standard InChI is InChI=1S/C30H36F5N7O3.C2H6/c1-16-3-6-37-7-8-38-26-20-25(40-28(41-26)44-15-29(4-5-29)14-42-9-11-43-12-10-42)23(32)24(39-27(20)45-16)18-13-19(36)22(31)17(2)21(18)30(33,34)35;1-2/h13,16,37H,3-12,14-15,36H2,1-2H3,(H,38,40,41);1-2H3. The first-order chi connectivity index (χ1) is 22.5. The van der Waals surface area contributed by atoms with Crippen LogP contribution in [0.2, 0.25) is 0 Å². The summed E-state index contributed by atoms with van der Waals surface area (Å²) in [6.45, 7) is 12.3. The molecule has 15 heteroatoms. The fourth-order valence-corrected chi connectivity index (χ4v) is 5.87. The molecule has 0 radical (unpaired) electrons. The summed E-state index contributed by atoms with van der Waals surface area (Å²) in [7, 11) is 0. The van der Waals surface area contributed by atoms with E-state index >= 15 is 4.39 Å². The molecule has 3 aromatic rings. The van der Waals surface area contributed by atoms with Crippen molar-refractivity contribution in [2.45, 2.75) is 59.2 Å². The van der Waals surface area contributed by atoms with Crippen LogP contribution in [0, 0.1) is 24.0 Å². The number of halogens is 5. The lowest BCUT2D eigenvalue weighted by molar-refractivity contribution is -0.137. The highest BCUT2D eigenvalue weighted by molar-refractivity contribution is 5.96. The number of aromatic nitrogens is 3. The number of alkyl halides is 3. The third-order valence-electron chi connectivity index (χ3n) is 8.56. The molecule has 4 N–H and O–H groups in total. The van der Waals surface area contributed by atoms with Gasteiger partial charge in [0.05, 0.1) is 37.2 Å². The van der Waals surface area contributed by atoms with Crippen LogP contribution in [0.25, 0.3) is 22.2 Å². The Morgan fingerprint density at radius 2 is 1.79 bits per heavy atom. The van der Waals surface area contributed by atoms with Gasteiger partial charge in [0.15, 0.2) is 5.82 Å². The minimum Gasteiger partial charge on any atom is -0.474 e. The van der Waals surface area contributed by atoms with E-state index in [4.69, 9.17) is 19.9 Å². The summed E-state index contributed by atoms with van der Waals surface area (Å²) >= 11 is 0. The molecule has 258 valence electrons. The highest BCUT2D eigenvalue weighted by Crippen LogP contribution is 2.47. The number of nitrogen functional groups attached to an aromatic ring is 1. The summed E-state index contributed by atoms with van der Waals surface area (Å²) < 4.78 is 91.8. The first-order valence-electron chi connectivity index (χ1n) is 16.1. The minimum absolute atomic E-state index is 0.0622. The number of ether oxygens (including phenoxy) is 3. The van der Waals surface area contributed by atoms with Crippen LogP contribution < -0.4 is 25.8 Å². The molecule has 2 fully saturated rings. The van der Waals surface area contributed by atoms with Crippen LogP contribution in [0.4, 0.5) is 33.5 Å². The fourth-order valence-electron chi connectivity index (χ4n) is 5.87. The summed E-state index contributed by atoms with van der Waals surface area (Å²) in [5.74, 6) is -2.40. The number of nitrogens with two attached hydrogens (primary N) is 1. The summed E-state index contributed by atoms with van der Waals surface area (Å²) in [6.07, 6.45) is -3.07. The maximum absolute atomic E-state index is 16.6. The Morgan fingerprint density at radius 1 is 1.06 bits per heavy atom. The van der Waals surface area contributed by atoms with E-state index in [1.165, 1.54) is 0 Å². The van der Waals surface area contributed by atoms with Gasteiger partial charge in [-0.05, 0) is 51.3 Å². The van der Waals surface area contributed by atoms with Crippen molar-refractivity contribution in [3.8, 4) is 23.1 Å². The Bertz CT molecular complexity index is 1580. The lowest BCUT2D eigenvalue weighted by atomic mass is 9.96. The molecule has 10 nitrogen and oxygen atoms in total. The highest BCUT2D eigenvalue weighted by atomic mass is 19.4. The van der Waals surface area contributed by atoms with Crippen molar-refractivity contribution in [2.24, 2.45) is 5.41 Å². The molecule has 1 unspecified atom stereocenters. The Labute approximate surface area is 270 Å². The number of nitrogens with one attached hydrogen (secondary N) is 2. The molecule has 2 aromatic heterocycles. The Kier molecular flexibility index (Phi) is 10.6. The highest BCUT2D eigenvalue weighted by Gasteiger charge is 2.45. The molecule has 2 aliphatic heterocycles. The molecule has 1 saturated carbocycles. The summed E-state index contributed by atoms with van der Waals surface area (Å²) in [5, 5.41) is 6.49. The molecule has 3 aliphatic rings. The maximum Gasteiger partial charge on any atom is 0.417 e. The van der Waals surface area contributed by atoms with Crippen molar-refractivity contribution in [2.75, 3.05) is 70.1 Å². The number of pyridine rings is 1. The summed E-state index contributed by atoms with van der Waals surface area (Å²) in [5.41, 5.74) is 1.12. The molecular formula is C32H42F5N7O3. The van der Waals surface area contributed by atoms with Gasteiger partial charge in [0.2, 0.25) is 5.88 Å². The van der Waals surface area contributed by atoms with Crippen molar-refractivity contribution >= 4 is 22.4 Å². The smallest absolute Gasteiger partial charge is 0.417 e. The predicted molar refractivity (Wildman–Crippen MR) is 169 cm³/mol. The molecule has 0 amide bonds. The van der Waals surface area contributed by atoms with Crippen molar-refractivity contribution in [3.05, 3.63) is 28.8 Å². The average Bonchev–Trinajstić information content (AvgIpc) is 3.81. The van der Waals surface area contributed by atoms with Gasteiger partial charge in [-0.25, -0.2) is 13.8 Å². The normalized spacial score (nSPS) is 19.9. The van der Waals surface area contributed by atoms with Gasteiger partial charge in [-0.3, -0.25) is 4.90 Å². The van der Waals surface area contributed by atoms with Gasteiger partial charge >= 0.3 is 12.2 Å². The van der Waals surface area contributed by atoms with Crippen LogP contribution in [-0.4, -0.2) is 85.0 Å². The SMILES string of the molecule is CC.Cc1c(F)c(N)cc(-c2nc3c4c(nc(OCC5(CN6CCOCC6)CC5)nc4c2F)NCCNCCC(C)O3)c1C(F)(F)F. The second-order valence-electron chi connectivity index (χ2n) is 12.1. The van der Waals surface area contributed by atoms with E-state index in [1.54, 1.807) is 6.92 Å². The number of rotatable bonds is 6. The van der Waals surface area contributed by atoms with E-state index in [1.807, 2.05) is 13.8 Å². The maximum atomic E-state index is 16.6. The van der Waals surface area contributed by atoms with Crippen LogP contribution >= 0.6 is 0 Å². The fraction of sp³-hybridized carbons (Fsp3) is 0.594. The van der Waals surface area contributed by atoms with Crippen molar-refractivity contribution in [1.82, 2.24) is 25.2 Å². The van der Waals surface area contributed by atoms with Crippen molar-refractivity contribution < 1.29 is 36.2 Å². The van der Waals surface area contributed by atoms with Gasteiger partial charge in [0.1, 0.15) is 28.2 Å². The van der Waals surface area contributed by atoms with Gasteiger partial charge < -0.3 is 30.6 Å². The quantitative estimate of drug-likeness (QED) is 0.228. The lowest BCUT2D eigenvalue weighted by Crippen LogP contribution is -2.41. The van der Waals surface area contributed by atoms with Crippen LogP contribution in [0.1, 0.15) is 51.2 Å². The number of nitrogens with zero attached hydrogens (tertiary/aromatic N) is 4. The molecule has 1 atom stereocenters. The number of morpholine rings is 1. The van der Waals surface area contributed by atoms with Gasteiger partial charge in [0.25, 0.3) is 0 Å². The van der Waals surface area contributed by atoms with E-state index in [9.17, 15) is 17.6 Å². The van der Waals surface area contributed by atoms with Gasteiger partial charge in [-0.2, -0.15) is 23.1 Å². The van der Waals surface area contributed by atoms with Gasteiger partial charge in [-0.15, -0.1) is 0 Å². The Morgan fingerprint density at radius 3 is 2.47 bits per heavy atom. The number of hydrogen-bond donors (Lipinski definition) is 3. The second-order valence-corrected chi connectivity index (χ2v) is 12.1. The summed E-state index contributed by atoms with van der Waals surface area (Å²) in [4.78, 5) is 15.5. The van der Waals surface area contributed by atoms with Crippen LogP contribution in [0.15, 0.2) is 6.07 Å². The van der Waals surface area contributed by atoms with E-state index in [-0.39, 0.29) is 40.6 Å². The average molecular weight is 668 g/mol. The Hall–Kier alpha value is -3.56. The predicted octanol–water partition coefficient (Wildman–Crippen LogP) is 5.57. The van der Waals surface area contributed by atoms with E-state index < -0.39 is 52.0 Å². The third kappa shape index (κ3) is 7.62. The summed E-state index contributed by atoms with van der Waals surface area (Å²) in [6, 6.07) is 0.607. The minimum atomic E-state index is -5.04. The molecule has 0 spiro atoms. The first kappa shape index (κ1) is 34.8. The molecule has 1 aliphatic carbocycles. The zero-order valence-electron chi connectivity index (χ0n) is 27.1. The lowest BCUT2D eigenvalue weighted by Gasteiger charge is -2.30. The van der Waals surface area contributed by atoms with E-state index in [2.05, 4.69) is 30.5 Å². The zero-order chi connectivity index (χ0) is 33.9. The van der Waals surface area contributed by atoms with Crippen LogP contribution in [-0.2, 0) is 10.9 Å². The molecule has 1 saturated heterocycles. The van der Waals surface area contributed by atoms with Crippen molar-refractivity contribution in [3.63, 3.8) is 0 Å². The number of benzene rings is 1. The first-order valence-corrected chi connectivity index (χ1v) is 16.1. The third-order valence-corrected chi connectivity index (χ3v) is 8.56. The monoisotopic (exact) mass is 667 g/mol. The van der Waals surface area contributed by atoms with Crippen molar-refractivity contribution in [1.29, 1.82) is 0 Å². The second kappa shape index (κ2) is 14.3. The van der Waals surface area contributed by atoms with E-state index in [0.717, 1.165) is 45.5 Å². The molecule has 6 rings (SSSR count). The molecule has 4 heterocycles. The number of hydrogen-bond acceptors (Lipinski definition) is 10. The van der Waals surface area contributed by atoms with E-state index in [0.29, 0.717) is 39.3 Å². The van der Waals surface area contributed by atoms with Gasteiger partial charge in [-0.1, -0.05) is 13.8 Å². The largest absolute Gasteiger partial charge is 0.474 e. The van der Waals surface area contributed by atoms with Gasteiger partial charge in [0, 0.05) is 43.7 Å². The van der Waals surface area contributed by atoms with Crippen LogP contribution in [0.3, 0.4) is 0 Å². The molecule has 1 aromatic carbocycles. The molecule has 47 heavy (non-hydrogen) atoms.